The first-order valence-corrected chi connectivity index (χ1v) is 10.2. The van der Waals surface area contributed by atoms with Crippen LogP contribution in [0.15, 0.2) is 66.0 Å². The molecule has 0 aliphatic rings. The Labute approximate surface area is 194 Å². The molecule has 3 heterocycles. The van der Waals surface area contributed by atoms with E-state index in [9.17, 15) is 0 Å². The van der Waals surface area contributed by atoms with Crippen molar-refractivity contribution in [2.45, 2.75) is 26.3 Å². The summed E-state index contributed by atoms with van der Waals surface area (Å²) >= 11 is 0. The Kier molecular flexibility index (Phi) is 7.73. The van der Waals surface area contributed by atoms with Gasteiger partial charge < -0.3 is 19.6 Å². The molecule has 0 amide bonds. The number of fused-ring (bicyclic) bond motifs is 2. The van der Waals surface area contributed by atoms with E-state index in [1.165, 1.54) is 16.5 Å². The van der Waals surface area contributed by atoms with Gasteiger partial charge in [0, 0.05) is 57.2 Å². The van der Waals surface area contributed by atoms with E-state index in [2.05, 4.69) is 80.3 Å². The van der Waals surface area contributed by atoms with Gasteiger partial charge in [0.05, 0.1) is 5.69 Å². The second kappa shape index (κ2) is 10.5. The zero-order valence-corrected chi connectivity index (χ0v) is 19.8. The SMILES string of the molecule is CN=C(NCCCn1ccc2ccccc21)NCCc1cn2cccc(C)c2n1.I. The van der Waals surface area contributed by atoms with E-state index in [0.29, 0.717) is 0 Å². The highest BCUT2D eigenvalue weighted by molar-refractivity contribution is 14.0. The highest BCUT2D eigenvalue weighted by atomic mass is 127. The van der Waals surface area contributed by atoms with Crippen molar-refractivity contribution < 1.29 is 0 Å². The molecular weight excluding hydrogens is 487 g/mol. The van der Waals surface area contributed by atoms with Crippen molar-refractivity contribution in [3.05, 3.63) is 72.3 Å². The summed E-state index contributed by atoms with van der Waals surface area (Å²) in [5.74, 6) is 0.835. The number of benzene rings is 1. The van der Waals surface area contributed by atoms with Crippen molar-refractivity contribution in [2.75, 3.05) is 20.1 Å². The van der Waals surface area contributed by atoms with Gasteiger partial charge in [-0.25, -0.2) is 4.98 Å². The summed E-state index contributed by atoms with van der Waals surface area (Å²) < 4.78 is 4.39. The molecule has 2 N–H and O–H groups in total. The number of hydrogen-bond acceptors (Lipinski definition) is 2. The zero-order chi connectivity index (χ0) is 20.1. The Morgan fingerprint density at radius 2 is 1.87 bits per heavy atom. The number of guanidine groups is 1. The monoisotopic (exact) mass is 516 g/mol. The van der Waals surface area contributed by atoms with Crippen molar-refractivity contribution in [2.24, 2.45) is 4.99 Å². The van der Waals surface area contributed by atoms with Crippen LogP contribution in [-0.2, 0) is 13.0 Å². The van der Waals surface area contributed by atoms with Crippen LogP contribution in [0.3, 0.4) is 0 Å². The van der Waals surface area contributed by atoms with Crippen molar-refractivity contribution in [1.82, 2.24) is 24.6 Å². The van der Waals surface area contributed by atoms with Crippen molar-refractivity contribution >= 4 is 46.5 Å². The zero-order valence-electron chi connectivity index (χ0n) is 17.5. The Hall–Kier alpha value is -2.55. The lowest BCUT2D eigenvalue weighted by Gasteiger charge is -2.12. The van der Waals surface area contributed by atoms with E-state index in [4.69, 9.17) is 4.98 Å². The van der Waals surface area contributed by atoms with Crippen molar-refractivity contribution in [3.8, 4) is 0 Å². The fraction of sp³-hybridized carbons (Fsp3) is 0.304. The number of para-hydroxylation sites is 1. The molecule has 6 nitrogen and oxygen atoms in total. The molecule has 0 spiro atoms. The molecule has 7 heteroatoms. The fourth-order valence-corrected chi connectivity index (χ4v) is 3.65. The molecule has 1 aromatic carbocycles. The van der Waals surface area contributed by atoms with Crippen LogP contribution in [0.2, 0.25) is 0 Å². The van der Waals surface area contributed by atoms with Gasteiger partial charge in [-0.15, -0.1) is 24.0 Å². The van der Waals surface area contributed by atoms with Gasteiger partial charge in [-0.2, -0.15) is 0 Å². The quantitative estimate of drug-likeness (QED) is 0.169. The van der Waals surface area contributed by atoms with E-state index < -0.39 is 0 Å². The van der Waals surface area contributed by atoms with Gasteiger partial charge in [0.15, 0.2) is 5.96 Å². The summed E-state index contributed by atoms with van der Waals surface area (Å²) in [4.78, 5) is 9.05. The van der Waals surface area contributed by atoms with Gasteiger partial charge >= 0.3 is 0 Å². The topological polar surface area (TPSA) is 58.7 Å². The van der Waals surface area contributed by atoms with Crippen LogP contribution >= 0.6 is 24.0 Å². The number of halogens is 1. The summed E-state index contributed by atoms with van der Waals surface area (Å²) in [6.07, 6.45) is 8.19. The van der Waals surface area contributed by atoms with Gasteiger partial charge in [-0.3, -0.25) is 4.99 Å². The number of aryl methyl sites for hydroxylation is 2. The lowest BCUT2D eigenvalue weighted by Crippen LogP contribution is -2.39. The fourth-order valence-electron chi connectivity index (χ4n) is 3.65. The van der Waals surface area contributed by atoms with Gasteiger partial charge in [0.25, 0.3) is 0 Å². The molecule has 30 heavy (non-hydrogen) atoms. The molecule has 0 fully saturated rings. The number of aliphatic imine (C=N–C) groups is 1. The first-order valence-electron chi connectivity index (χ1n) is 10.2. The van der Waals surface area contributed by atoms with Crippen LogP contribution in [-0.4, -0.2) is 40.0 Å². The Bertz CT molecular complexity index is 1130. The molecule has 4 aromatic rings. The molecular formula is C23H29IN6. The maximum atomic E-state index is 4.72. The Balaban J connectivity index is 0.00000256. The average Bonchev–Trinajstić information content (AvgIpc) is 3.34. The normalized spacial score (nSPS) is 11.6. The minimum atomic E-state index is 0. The lowest BCUT2D eigenvalue weighted by molar-refractivity contribution is 0.640. The maximum absolute atomic E-state index is 4.72. The van der Waals surface area contributed by atoms with E-state index in [1.54, 1.807) is 0 Å². The molecule has 0 atom stereocenters. The second-order valence-corrected chi connectivity index (χ2v) is 7.25. The largest absolute Gasteiger partial charge is 0.356 e. The third-order valence-corrected chi connectivity index (χ3v) is 5.17. The number of pyridine rings is 1. The van der Waals surface area contributed by atoms with Gasteiger partial charge in [-0.05, 0) is 42.5 Å². The minimum Gasteiger partial charge on any atom is -0.356 e. The summed E-state index contributed by atoms with van der Waals surface area (Å²) in [7, 11) is 1.81. The average molecular weight is 516 g/mol. The number of nitrogens with one attached hydrogen (secondary N) is 2. The standard InChI is InChI=1S/C23H28N6.HI/c1-18-7-5-14-29-17-20(27-22(18)29)10-13-26-23(24-2)25-12-6-15-28-16-11-19-8-3-4-9-21(19)28;/h3-5,7-9,11,14,16-17H,6,10,12-13,15H2,1-2H3,(H2,24,25,26);1H. The third-order valence-electron chi connectivity index (χ3n) is 5.17. The number of hydrogen-bond donors (Lipinski definition) is 2. The molecule has 0 bridgehead atoms. The molecule has 0 unspecified atom stereocenters. The van der Waals surface area contributed by atoms with Gasteiger partial charge in [-0.1, -0.05) is 24.3 Å². The van der Waals surface area contributed by atoms with E-state index in [0.717, 1.165) is 49.8 Å². The van der Waals surface area contributed by atoms with Crippen molar-refractivity contribution in [3.63, 3.8) is 0 Å². The van der Waals surface area contributed by atoms with Crippen molar-refractivity contribution in [1.29, 1.82) is 0 Å². The van der Waals surface area contributed by atoms with E-state index >= 15 is 0 Å². The first-order chi connectivity index (χ1) is 14.2. The Morgan fingerprint density at radius 1 is 1.03 bits per heavy atom. The van der Waals surface area contributed by atoms with E-state index in [-0.39, 0.29) is 24.0 Å². The molecule has 0 saturated carbocycles. The molecule has 3 aromatic heterocycles. The molecule has 4 rings (SSSR count). The second-order valence-electron chi connectivity index (χ2n) is 7.25. The summed E-state index contributed by atoms with van der Waals surface area (Å²) in [6, 6.07) is 14.8. The molecule has 0 saturated heterocycles. The molecule has 0 aliphatic carbocycles. The molecule has 0 aliphatic heterocycles. The summed E-state index contributed by atoms with van der Waals surface area (Å²) in [6.45, 7) is 4.75. The Morgan fingerprint density at radius 3 is 2.70 bits per heavy atom. The number of rotatable bonds is 7. The van der Waals surface area contributed by atoms with E-state index in [1.807, 2.05) is 19.3 Å². The minimum absolute atomic E-state index is 0. The lowest BCUT2D eigenvalue weighted by atomic mass is 10.2. The summed E-state index contributed by atoms with van der Waals surface area (Å²) in [5, 5.41) is 8.08. The van der Waals surface area contributed by atoms with Gasteiger partial charge in [0.2, 0.25) is 0 Å². The smallest absolute Gasteiger partial charge is 0.190 e. The number of aromatic nitrogens is 3. The predicted molar refractivity (Wildman–Crippen MR) is 135 cm³/mol. The van der Waals surface area contributed by atoms with Gasteiger partial charge in [0.1, 0.15) is 5.65 Å². The van der Waals surface area contributed by atoms with Crippen LogP contribution in [0, 0.1) is 6.92 Å². The molecule has 158 valence electrons. The predicted octanol–water partition coefficient (Wildman–Crippen LogP) is 4.01. The first kappa shape index (κ1) is 22.1. The molecule has 0 radical (unpaired) electrons. The summed E-state index contributed by atoms with van der Waals surface area (Å²) in [5.41, 5.74) is 4.60. The van der Waals surface area contributed by atoms with Crippen LogP contribution < -0.4 is 10.6 Å². The van der Waals surface area contributed by atoms with Crippen LogP contribution in [0.5, 0.6) is 0 Å². The maximum Gasteiger partial charge on any atom is 0.190 e. The van der Waals surface area contributed by atoms with Crippen LogP contribution in [0.4, 0.5) is 0 Å². The number of nitrogens with zero attached hydrogens (tertiary/aromatic N) is 4. The third kappa shape index (κ3) is 5.13. The highest BCUT2D eigenvalue weighted by Gasteiger charge is 2.05. The highest BCUT2D eigenvalue weighted by Crippen LogP contribution is 2.15. The van der Waals surface area contributed by atoms with Crippen LogP contribution in [0.1, 0.15) is 17.7 Å². The number of imidazole rings is 1. The van der Waals surface area contributed by atoms with Crippen LogP contribution in [0.25, 0.3) is 16.6 Å².